The molecule has 4 heteroatoms. The van der Waals surface area contributed by atoms with Crippen LogP contribution in [0.2, 0.25) is 0 Å². The maximum Gasteiger partial charge on any atom is 0.125 e. The molecule has 0 aromatic rings. The standard InChI is InChI=1S/C29H56INO2/c1-4-7-10-13-16-19-22-32-25-29-23-27(28(30)33-29)31(24-29)26(20-17-14-11-8-5-2)21-18-15-12-9-6-3/h26-28H,4-25H2,1-3H3/t27?,28-,29-/m1/s1. The predicted octanol–water partition coefficient (Wildman–Crippen LogP) is 9.06. The second-order valence-electron chi connectivity index (χ2n) is 11.0. The van der Waals surface area contributed by atoms with Gasteiger partial charge >= 0.3 is 0 Å². The van der Waals surface area contributed by atoms with E-state index < -0.39 is 0 Å². The highest BCUT2D eigenvalue weighted by atomic mass is 127. The van der Waals surface area contributed by atoms with Crippen LogP contribution in [0.4, 0.5) is 0 Å². The molecule has 0 aromatic carbocycles. The van der Waals surface area contributed by atoms with E-state index in [9.17, 15) is 0 Å². The zero-order chi connectivity index (χ0) is 23.8. The molecule has 3 atom stereocenters. The number of hydrogen-bond donors (Lipinski definition) is 0. The lowest BCUT2D eigenvalue weighted by atomic mass is 9.98. The average molecular weight is 578 g/mol. The van der Waals surface area contributed by atoms with E-state index >= 15 is 0 Å². The SMILES string of the molecule is CCCCCCCCOC[C@]12CC([C@H](I)O1)N(C(CCCCCCC)CCCCCCC)C2. The van der Waals surface area contributed by atoms with E-state index in [0.29, 0.717) is 10.2 Å². The summed E-state index contributed by atoms with van der Waals surface area (Å²) < 4.78 is 13.1. The summed E-state index contributed by atoms with van der Waals surface area (Å²) in [6, 6.07) is 1.35. The van der Waals surface area contributed by atoms with Crippen molar-refractivity contribution in [2.45, 2.75) is 165 Å². The molecular weight excluding hydrogens is 521 g/mol. The molecule has 2 aliphatic heterocycles. The second kappa shape index (κ2) is 17.9. The summed E-state index contributed by atoms with van der Waals surface area (Å²) >= 11 is 2.56. The molecule has 196 valence electrons. The number of unbranched alkanes of at least 4 members (excludes halogenated alkanes) is 13. The monoisotopic (exact) mass is 577 g/mol. The highest BCUT2D eigenvalue weighted by Crippen LogP contribution is 2.46. The molecule has 2 heterocycles. The Morgan fingerprint density at radius 2 is 1.30 bits per heavy atom. The maximum atomic E-state index is 6.52. The number of nitrogens with zero attached hydrogens (tertiary/aromatic N) is 1. The maximum absolute atomic E-state index is 6.52. The number of morpholine rings is 1. The minimum absolute atomic E-state index is 0.0403. The van der Waals surface area contributed by atoms with Crippen LogP contribution in [0.1, 0.15) is 143 Å². The molecule has 0 N–H and O–H groups in total. The van der Waals surface area contributed by atoms with Gasteiger partial charge in [0.2, 0.25) is 0 Å². The van der Waals surface area contributed by atoms with Crippen molar-refractivity contribution in [3.63, 3.8) is 0 Å². The Morgan fingerprint density at radius 3 is 1.88 bits per heavy atom. The molecule has 3 nitrogen and oxygen atoms in total. The molecule has 2 rings (SSSR count). The van der Waals surface area contributed by atoms with Crippen molar-refractivity contribution in [2.75, 3.05) is 19.8 Å². The second-order valence-corrected chi connectivity index (χ2v) is 12.2. The summed E-state index contributed by atoms with van der Waals surface area (Å²) in [5, 5.41) is 0. The first-order valence-corrected chi connectivity index (χ1v) is 16.1. The third kappa shape index (κ3) is 11.0. The summed E-state index contributed by atoms with van der Waals surface area (Å²) in [6.45, 7) is 9.72. The molecular formula is C29H56INO2. The number of alkyl halides is 1. The van der Waals surface area contributed by atoms with Crippen LogP contribution in [0, 0.1) is 0 Å². The molecule has 0 aromatic heterocycles. The minimum Gasteiger partial charge on any atom is -0.378 e. The number of hydrogen-bond acceptors (Lipinski definition) is 3. The van der Waals surface area contributed by atoms with E-state index in [1.54, 1.807) is 0 Å². The summed E-state index contributed by atoms with van der Waals surface area (Å²) in [4.78, 5) is 2.87. The third-order valence-corrected chi connectivity index (χ3v) is 8.99. The van der Waals surface area contributed by atoms with Gasteiger partial charge in [-0.25, -0.2) is 0 Å². The largest absolute Gasteiger partial charge is 0.378 e. The van der Waals surface area contributed by atoms with Crippen molar-refractivity contribution < 1.29 is 9.47 Å². The van der Waals surface area contributed by atoms with Crippen molar-refractivity contribution >= 4 is 22.6 Å². The van der Waals surface area contributed by atoms with E-state index in [4.69, 9.17) is 9.47 Å². The van der Waals surface area contributed by atoms with Crippen LogP contribution in [0.15, 0.2) is 0 Å². The molecule has 2 bridgehead atoms. The first-order valence-electron chi connectivity index (χ1n) is 14.8. The molecule has 0 aliphatic carbocycles. The van der Waals surface area contributed by atoms with E-state index in [1.165, 1.54) is 122 Å². The fourth-order valence-electron chi connectivity index (χ4n) is 5.88. The van der Waals surface area contributed by atoms with Crippen LogP contribution in [-0.2, 0) is 9.47 Å². The number of ether oxygens (including phenoxy) is 2. The highest BCUT2D eigenvalue weighted by Gasteiger charge is 2.56. The Morgan fingerprint density at radius 1 is 0.788 bits per heavy atom. The van der Waals surface area contributed by atoms with E-state index in [-0.39, 0.29) is 5.60 Å². The Labute approximate surface area is 220 Å². The Kier molecular flexibility index (Phi) is 16.2. The number of fused-ring (bicyclic) bond motifs is 2. The smallest absolute Gasteiger partial charge is 0.125 e. The molecule has 1 unspecified atom stereocenters. The van der Waals surface area contributed by atoms with Crippen LogP contribution in [0.25, 0.3) is 0 Å². The third-order valence-electron chi connectivity index (χ3n) is 7.90. The summed E-state index contributed by atoms with van der Waals surface area (Å²) in [6.07, 6.45) is 25.8. The van der Waals surface area contributed by atoms with Crippen LogP contribution in [-0.4, -0.2) is 46.5 Å². The van der Waals surface area contributed by atoms with Crippen molar-refractivity contribution in [3.05, 3.63) is 0 Å². The fraction of sp³-hybridized carbons (Fsp3) is 1.00. The van der Waals surface area contributed by atoms with Crippen molar-refractivity contribution in [1.82, 2.24) is 4.90 Å². The van der Waals surface area contributed by atoms with Crippen molar-refractivity contribution in [2.24, 2.45) is 0 Å². The van der Waals surface area contributed by atoms with Crippen molar-refractivity contribution in [3.8, 4) is 0 Å². The molecule has 0 saturated carbocycles. The Balaban J connectivity index is 1.79. The van der Waals surface area contributed by atoms with Gasteiger partial charge in [-0.3, -0.25) is 4.90 Å². The van der Waals surface area contributed by atoms with Gasteiger partial charge in [-0.1, -0.05) is 117 Å². The van der Waals surface area contributed by atoms with E-state index in [1.807, 2.05) is 0 Å². The van der Waals surface area contributed by atoms with Gasteiger partial charge in [-0.2, -0.15) is 0 Å². The molecule has 2 saturated heterocycles. The fourth-order valence-corrected chi connectivity index (χ4v) is 7.09. The van der Waals surface area contributed by atoms with Gasteiger partial charge in [-0.15, -0.1) is 0 Å². The average Bonchev–Trinajstić information content (AvgIpc) is 3.34. The molecule has 0 spiro atoms. The highest BCUT2D eigenvalue weighted by molar-refractivity contribution is 14.1. The van der Waals surface area contributed by atoms with Crippen LogP contribution < -0.4 is 0 Å². The van der Waals surface area contributed by atoms with Crippen LogP contribution >= 0.6 is 22.6 Å². The lowest BCUT2D eigenvalue weighted by molar-refractivity contribution is -0.105. The minimum atomic E-state index is -0.0403. The number of halogens is 1. The first kappa shape index (κ1) is 29.8. The Hall–Kier alpha value is 0.610. The van der Waals surface area contributed by atoms with Crippen LogP contribution in [0.5, 0.6) is 0 Å². The quantitative estimate of drug-likeness (QED) is 0.0728. The van der Waals surface area contributed by atoms with Gasteiger partial charge in [0, 0.05) is 25.2 Å². The molecule has 0 radical (unpaired) electrons. The molecule has 33 heavy (non-hydrogen) atoms. The van der Waals surface area contributed by atoms with Gasteiger partial charge in [0.05, 0.1) is 6.61 Å². The van der Waals surface area contributed by atoms with Crippen LogP contribution in [0.3, 0.4) is 0 Å². The first-order chi connectivity index (χ1) is 16.2. The summed E-state index contributed by atoms with van der Waals surface area (Å²) in [5.74, 6) is 0. The van der Waals surface area contributed by atoms with E-state index in [2.05, 4.69) is 48.3 Å². The van der Waals surface area contributed by atoms with Crippen molar-refractivity contribution in [1.29, 1.82) is 0 Å². The molecule has 2 fully saturated rings. The lowest BCUT2D eigenvalue weighted by Gasteiger charge is -2.40. The van der Waals surface area contributed by atoms with Gasteiger partial charge in [0.25, 0.3) is 0 Å². The molecule has 0 amide bonds. The zero-order valence-electron chi connectivity index (χ0n) is 22.4. The van der Waals surface area contributed by atoms with Gasteiger partial charge in [0.1, 0.15) is 9.71 Å². The predicted molar refractivity (Wildman–Crippen MR) is 151 cm³/mol. The van der Waals surface area contributed by atoms with E-state index in [0.717, 1.165) is 25.8 Å². The van der Waals surface area contributed by atoms with Gasteiger partial charge in [-0.05, 0) is 48.3 Å². The number of likely N-dealkylation sites (tertiary alicyclic amines) is 1. The number of rotatable bonds is 22. The van der Waals surface area contributed by atoms with Gasteiger partial charge in [0.15, 0.2) is 0 Å². The zero-order valence-corrected chi connectivity index (χ0v) is 24.6. The summed E-state index contributed by atoms with van der Waals surface area (Å²) in [5.41, 5.74) is -0.0403. The normalized spacial score (nSPS) is 25.0. The van der Waals surface area contributed by atoms with Gasteiger partial charge < -0.3 is 9.47 Å². The Bertz CT molecular complexity index is 463. The lowest BCUT2D eigenvalue weighted by Crippen LogP contribution is -2.51. The summed E-state index contributed by atoms with van der Waals surface area (Å²) in [7, 11) is 0. The molecule has 2 aliphatic rings. The topological polar surface area (TPSA) is 21.7 Å².